The zero-order valence-electron chi connectivity index (χ0n) is 19.9. The van der Waals surface area contributed by atoms with Crippen molar-refractivity contribution in [2.24, 2.45) is 17.8 Å². The molecule has 1 aromatic carbocycles. The van der Waals surface area contributed by atoms with Crippen molar-refractivity contribution in [1.29, 1.82) is 0 Å². The number of benzene rings is 1. The molecule has 0 amide bonds. The van der Waals surface area contributed by atoms with Gasteiger partial charge in [0, 0.05) is 11.8 Å². The average molecular weight is 440 g/mol. The maximum absolute atomic E-state index is 12.7. The van der Waals surface area contributed by atoms with Crippen molar-refractivity contribution in [3.05, 3.63) is 58.0 Å². The van der Waals surface area contributed by atoms with Gasteiger partial charge in [-0.25, -0.2) is 0 Å². The molecule has 5 heteroatoms. The summed E-state index contributed by atoms with van der Waals surface area (Å²) in [6.07, 6.45) is 7.20. The fourth-order valence-corrected chi connectivity index (χ4v) is 4.82. The Morgan fingerprint density at radius 2 is 1.91 bits per heavy atom. The molecule has 174 valence electrons. The standard InChI is InChI=1S/C27H37NO4/c1-6-16(2)13-17(3)14-19(5)26-18(4)7-12-23(32-26)24-25(30)22(15-28-27(24)31)20-8-10-21(29)11-9-20/h8-11,14-18,23,26,29H,6-7,12-13H2,1-5H3,(H2,28,30,31)/b19-14+/t16?,17?,18-,23+,26-/m1/s1. The maximum atomic E-state index is 12.7. The van der Waals surface area contributed by atoms with Gasteiger partial charge in [0.25, 0.3) is 5.56 Å². The van der Waals surface area contributed by atoms with Crippen molar-refractivity contribution in [2.45, 2.75) is 72.5 Å². The van der Waals surface area contributed by atoms with Crippen LogP contribution < -0.4 is 5.56 Å². The highest BCUT2D eigenvalue weighted by atomic mass is 16.5. The minimum atomic E-state index is -0.467. The Kier molecular flexibility index (Phi) is 7.83. The van der Waals surface area contributed by atoms with Crippen LogP contribution in [0.25, 0.3) is 11.1 Å². The fourth-order valence-electron chi connectivity index (χ4n) is 4.82. The van der Waals surface area contributed by atoms with Gasteiger partial charge in [-0.15, -0.1) is 0 Å². The van der Waals surface area contributed by atoms with Crippen LogP contribution in [-0.2, 0) is 4.74 Å². The van der Waals surface area contributed by atoms with E-state index >= 15 is 0 Å². The van der Waals surface area contributed by atoms with Gasteiger partial charge >= 0.3 is 0 Å². The number of phenols is 1. The highest BCUT2D eigenvalue weighted by molar-refractivity contribution is 5.71. The van der Waals surface area contributed by atoms with Crippen LogP contribution in [-0.4, -0.2) is 21.3 Å². The lowest BCUT2D eigenvalue weighted by atomic mass is 9.85. The third-order valence-corrected chi connectivity index (χ3v) is 6.78. The minimum absolute atomic E-state index is 0.0514. The third-order valence-electron chi connectivity index (χ3n) is 6.78. The van der Waals surface area contributed by atoms with Crippen LogP contribution in [0.2, 0.25) is 0 Å². The van der Waals surface area contributed by atoms with Crippen molar-refractivity contribution in [2.75, 3.05) is 0 Å². The van der Waals surface area contributed by atoms with Crippen LogP contribution in [0.4, 0.5) is 0 Å². The predicted molar refractivity (Wildman–Crippen MR) is 129 cm³/mol. The Morgan fingerprint density at radius 3 is 2.56 bits per heavy atom. The molecule has 1 fully saturated rings. The Labute approximate surface area is 191 Å². The van der Waals surface area contributed by atoms with E-state index < -0.39 is 6.10 Å². The number of H-pyrrole nitrogens is 1. The molecule has 2 heterocycles. The van der Waals surface area contributed by atoms with Gasteiger partial charge in [-0.2, -0.15) is 0 Å². The molecule has 5 nitrogen and oxygen atoms in total. The molecule has 0 bridgehead atoms. The lowest BCUT2D eigenvalue weighted by molar-refractivity contribution is -0.0630. The first-order valence-corrected chi connectivity index (χ1v) is 11.8. The highest BCUT2D eigenvalue weighted by Crippen LogP contribution is 2.41. The summed E-state index contributed by atoms with van der Waals surface area (Å²) in [6.45, 7) is 11.1. The topological polar surface area (TPSA) is 82.5 Å². The van der Waals surface area contributed by atoms with E-state index in [0.717, 1.165) is 12.8 Å². The largest absolute Gasteiger partial charge is 0.508 e. The molecule has 2 unspecified atom stereocenters. The summed E-state index contributed by atoms with van der Waals surface area (Å²) >= 11 is 0. The number of nitrogens with one attached hydrogen (secondary N) is 1. The average Bonchev–Trinajstić information content (AvgIpc) is 2.75. The second-order valence-electron chi connectivity index (χ2n) is 9.58. The number of aromatic nitrogens is 1. The first-order chi connectivity index (χ1) is 15.2. The van der Waals surface area contributed by atoms with Crippen LogP contribution in [0.3, 0.4) is 0 Å². The Morgan fingerprint density at radius 1 is 1.22 bits per heavy atom. The van der Waals surface area contributed by atoms with E-state index in [4.69, 9.17) is 4.74 Å². The van der Waals surface area contributed by atoms with Gasteiger partial charge in [0.15, 0.2) is 0 Å². The molecule has 0 radical (unpaired) electrons. The molecular weight excluding hydrogens is 402 g/mol. The van der Waals surface area contributed by atoms with Gasteiger partial charge in [0.2, 0.25) is 0 Å². The van der Waals surface area contributed by atoms with Crippen molar-refractivity contribution >= 4 is 0 Å². The van der Waals surface area contributed by atoms with Crippen molar-refractivity contribution in [3.8, 4) is 22.6 Å². The number of phenolic OH excluding ortho intramolecular Hbond substituents is 1. The number of ether oxygens (including phenoxy) is 1. The van der Waals surface area contributed by atoms with E-state index in [-0.39, 0.29) is 28.7 Å². The summed E-state index contributed by atoms with van der Waals surface area (Å²) in [5.74, 6) is 1.60. The van der Waals surface area contributed by atoms with Gasteiger partial charge < -0.3 is 19.9 Å². The molecule has 1 aliphatic rings. The minimum Gasteiger partial charge on any atom is -0.508 e. The van der Waals surface area contributed by atoms with Crippen LogP contribution in [0.15, 0.2) is 46.9 Å². The molecule has 3 rings (SSSR count). The van der Waals surface area contributed by atoms with Gasteiger partial charge in [0.05, 0.1) is 17.8 Å². The number of allylic oxidation sites excluding steroid dienone is 1. The highest BCUT2D eigenvalue weighted by Gasteiger charge is 2.33. The molecule has 2 aromatic rings. The second kappa shape index (κ2) is 10.4. The molecule has 0 aliphatic carbocycles. The number of pyridine rings is 1. The molecule has 1 aliphatic heterocycles. The molecule has 0 spiro atoms. The summed E-state index contributed by atoms with van der Waals surface area (Å²) in [6, 6.07) is 6.54. The Bertz CT molecular complexity index is 992. The number of aromatic hydroxyl groups is 2. The summed E-state index contributed by atoms with van der Waals surface area (Å²) < 4.78 is 6.46. The monoisotopic (exact) mass is 439 g/mol. The van der Waals surface area contributed by atoms with Gasteiger partial charge in [-0.05, 0) is 67.2 Å². The third kappa shape index (κ3) is 5.44. The zero-order chi connectivity index (χ0) is 23.4. The van der Waals surface area contributed by atoms with Gasteiger partial charge in [-0.3, -0.25) is 4.79 Å². The number of hydrogen-bond acceptors (Lipinski definition) is 4. The number of aromatic amines is 1. The second-order valence-corrected chi connectivity index (χ2v) is 9.58. The molecular formula is C27H37NO4. The predicted octanol–water partition coefficient (Wildman–Crippen LogP) is 6.33. The summed E-state index contributed by atoms with van der Waals surface area (Å²) in [4.78, 5) is 15.5. The van der Waals surface area contributed by atoms with E-state index in [1.54, 1.807) is 24.3 Å². The molecule has 0 saturated carbocycles. The van der Waals surface area contributed by atoms with E-state index in [1.807, 2.05) is 0 Å². The molecule has 1 saturated heterocycles. The van der Waals surface area contributed by atoms with Crippen LogP contribution in [0.1, 0.15) is 72.0 Å². The lowest BCUT2D eigenvalue weighted by Crippen LogP contribution is -2.33. The SMILES string of the molecule is CCC(C)CC(C)/C=C(\C)[C@@H]1O[C@H](c2c(O)c(-c3ccc(O)cc3)c[nH]c2=O)CC[C@H]1C. The zero-order valence-corrected chi connectivity index (χ0v) is 19.9. The lowest BCUT2D eigenvalue weighted by Gasteiger charge is -2.36. The van der Waals surface area contributed by atoms with E-state index in [9.17, 15) is 15.0 Å². The van der Waals surface area contributed by atoms with Crippen molar-refractivity contribution in [3.63, 3.8) is 0 Å². The van der Waals surface area contributed by atoms with Crippen LogP contribution >= 0.6 is 0 Å². The van der Waals surface area contributed by atoms with Crippen LogP contribution in [0.5, 0.6) is 11.5 Å². The smallest absolute Gasteiger partial charge is 0.257 e. The molecule has 1 aromatic heterocycles. The number of rotatable bonds is 7. The summed E-state index contributed by atoms with van der Waals surface area (Å²) in [7, 11) is 0. The van der Waals surface area contributed by atoms with Gasteiger partial charge in [0.1, 0.15) is 11.5 Å². The van der Waals surface area contributed by atoms with Gasteiger partial charge in [-0.1, -0.05) is 52.3 Å². The quantitative estimate of drug-likeness (QED) is 0.440. The molecule has 32 heavy (non-hydrogen) atoms. The van der Waals surface area contributed by atoms with Crippen molar-refractivity contribution < 1.29 is 14.9 Å². The van der Waals surface area contributed by atoms with E-state index in [2.05, 4.69) is 45.7 Å². The summed E-state index contributed by atoms with van der Waals surface area (Å²) in [5.41, 5.74) is 2.40. The molecule has 5 atom stereocenters. The normalized spacial score (nSPS) is 23.7. The van der Waals surface area contributed by atoms with Crippen molar-refractivity contribution in [1.82, 2.24) is 4.98 Å². The van der Waals surface area contributed by atoms with Crippen LogP contribution in [0, 0.1) is 17.8 Å². The number of hydrogen-bond donors (Lipinski definition) is 3. The van der Waals surface area contributed by atoms with E-state index in [0.29, 0.717) is 35.3 Å². The molecule has 3 N–H and O–H groups in total. The first-order valence-electron chi connectivity index (χ1n) is 11.8. The first kappa shape index (κ1) is 24.1. The Balaban J connectivity index is 1.88. The summed E-state index contributed by atoms with van der Waals surface area (Å²) in [5, 5.41) is 20.6. The fraction of sp³-hybridized carbons (Fsp3) is 0.519. The van der Waals surface area contributed by atoms with E-state index in [1.165, 1.54) is 18.2 Å². The maximum Gasteiger partial charge on any atom is 0.257 e. The Hall–Kier alpha value is -2.53.